The molecule has 0 aliphatic heterocycles. The molecule has 0 unspecified atom stereocenters. The summed E-state index contributed by atoms with van der Waals surface area (Å²) in [6, 6.07) is 5.64. The Bertz CT molecular complexity index is 664. The number of carbonyl (C=O) groups is 1. The van der Waals surface area contributed by atoms with Crippen LogP contribution >= 0.6 is 23.1 Å². The molecule has 0 aliphatic carbocycles. The van der Waals surface area contributed by atoms with Crippen molar-refractivity contribution in [2.75, 3.05) is 14.1 Å². The first-order chi connectivity index (χ1) is 10.7. The van der Waals surface area contributed by atoms with Gasteiger partial charge in [-0.3, -0.25) is 0 Å². The Morgan fingerprint density at radius 3 is 2.65 bits per heavy atom. The summed E-state index contributed by atoms with van der Waals surface area (Å²) >= 11 is 3.35. The van der Waals surface area contributed by atoms with Gasteiger partial charge in [-0.05, 0) is 11.4 Å². The van der Waals surface area contributed by atoms with E-state index >= 15 is 0 Å². The van der Waals surface area contributed by atoms with Crippen LogP contribution in [0.1, 0.15) is 26.5 Å². The molecule has 0 radical (unpaired) electrons. The molecule has 0 N–H and O–H groups in total. The Balaban J connectivity index is 2.30. The van der Waals surface area contributed by atoms with E-state index in [0.29, 0.717) is 5.82 Å². The van der Waals surface area contributed by atoms with Crippen LogP contribution in [0, 0.1) is 0 Å². The maximum atomic E-state index is 11.8. The summed E-state index contributed by atoms with van der Waals surface area (Å²) in [5, 5.41) is 1.97. The van der Waals surface area contributed by atoms with Gasteiger partial charge in [0.05, 0.1) is 10.6 Å². The smallest absolute Gasteiger partial charge is 0.391 e. The van der Waals surface area contributed by atoms with Crippen LogP contribution < -0.4 is 4.74 Å². The number of amides is 1. The van der Waals surface area contributed by atoms with Crippen LogP contribution in [0.3, 0.4) is 0 Å². The average molecular weight is 351 g/mol. The quantitative estimate of drug-likeness (QED) is 0.822. The van der Waals surface area contributed by atoms with Crippen molar-refractivity contribution >= 4 is 29.2 Å². The maximum Gasteiger partial charge on any atom is 0.416 e. The zero-order valence-electron chi connectivity index (χ0n) is 14.0. The SMILES string of the molecule is CN(C)C(=O)Oc1cc(CSC(C)(C)C)nc(-c2cccs2)n1. The number of nitrogens with zero attached hydrogens (tertiary/aromatic N) is 3. The number of thiophene rings is 1. The van der Waals surface area contributed by atoms with Crippen molar-refractivity contribution in [3.63, 3.8) is 0 Å². The van der Waals surface area contributed by atoms with Gasteiger partial charge in [0.15, 0.2) is 5.82 Å². The number of thioether (sulfide) groups is 1. The Morgan fingerprint density at radius 1 is 1.35 bits per heavy atom. The minimum absolute atomic E-state index is 0.133. The Labute approximate surface area is 145 Å². The van der Waals surface area contributed by atoms with Crippen LogP contribution in [-0.4, -0.2) is 39.8 Å². The lowest BCUT2D eigenvalue weighted by atomic mass is 10.3. The van der Waals surface area contributed by atoms with Gasteiger partial charge in [-0.2, -0.15) is 4.98 Å². The predicted molar refractivity (Wildman–Crippen MR) is 96.1 cm³/mol. The van der Waals surface area contributed by atoms with Crippen molar-refractivity contribution in [2.24, 2.45) is 0 Å². The van der Waals surface area contributed by atoms with Gasteiger partial charge in [0.2, 0.25) is 5.88 Å². The normalized spacial score (nSPS) is 11.3. The van der Waals surface area contributed by atoms with Gasteiger partial charge < -0.3 is 9.64 Å². The second-order valence-corrected chi connectivity index (χ2v) is 8.91. The molecule has 0 saturated carbocycles. The van der Waals surface area contributed by atoms with Crippen molar-refractivity contribution < 1.29 is 9.53 Å². The van der Waals surface area contributed by atoms with E-state index in [9.17, 15) is 4.79 Å². The Morgan fingerprint density at radius 2 is 2.09 bits per heavy atom. The maximum absolute atomic E-state index is 11.8. The number of aromatic nitrogens is 2. The van der Waals surface area contributed by atoms with Crippen LogP contribution in [0.25, 0.3) is 10.7 Å². The summed E-state index contributed by atoms with van der Waals surface area (Å²) in [6.07, 6.45) is -0.449. The standard InChI is InChI=1S/C16H21N3O2S2/c1-16(2,3)23-10-11-9-13(21-15(20)19(4)5)18-14(17-11)12-7-6-8-22-12/h6-9H,10H2,1-5H3. The Kier molecular flexibility index (Phi) is 5.64. The number of rotatable bonds is 4. The third-order valence-corrected chi connectivity index (χ3v) is 4.88. The lowest BCUT2D eigenvalue weighted by Crippen LogP contribution is -2.25. The van der Waals surface area contributed by atoms with E-state index in [-0.39, 0.29) is 10.6 Å². The van der Waals surface area contributed by atoms with E-state index in [0.717, 1.165) is 16.3 Å². The van der Waals surface area contributed by atoms with E-state index in [4.69, 9.17) is 4.74 Å². The fourth-order valence-electron chi connectivity index (χ4n) is 1.59. The molecule has 2 heterocycles. The highest BCUT2D eigenvalue weighted by Crippen LogP contribution is 2.29. The summed E-state index contributed by atoms with van der Waals surface area (Å²) in [6.45, 7) is 6.48. The van der Waals surface area contributed by atoms with Gasteiger partial charge in [0.1, 0.15) is 0 Å². The molecule has 2 rings (SSSR count). The van der Waals surface area contributed by atoms with Gasteiger partial charge in [-0.25, -0.2) is 9.78 Å². The number of carbonyl (C=O) groups excluding carboxylic acids is 1. The summed E-state index contributed by atoms with van der Waals surface area (Å²) in [7, 11) is 3.28. The molecule has 23 heavy (non-hydrogen) atoms. The van der Waals surface area contributed by atoms with Gasteiger partial charge >= 0.3 is 6.09 Å². The van der Waals surface area contributed by atoms with E-state index in [2.05, 4.69) is 30.7 Å². The molecule has 0 bridgehead atoms. The zero-order chi connectivity index (χ0) is 17.0. The molecular weight excluding hydrogens is 330 g/mol. The largest absolute Gasteiger partial charge is 0.416 e. The highest BCUT2D eigenvalue weighted by molar-refractivity contribution is 7.99. The fraction of sp³-hybridized carbons (Fsp3) is 0.438. The van der Waals surface area contributed by atoms with E-state index in [1.54, 1.807) is 43.3 Å². The molecule has 2 aromatic heterocycles. The lowest BCUT2D eigenvalue weighted by molar-refractivity contribution is 0.170. The van der Waals surface area contributed by atoms with Crippen molar-refractivity contribution in [2.45, 2.75) is 31.3 Å². The van der Waals surface area contributed by atoms with Crippen molar-refractivity contribution in [1.82, 2.24) is 14.9 Å². The molecule has 0 aromatic carbocycles. The van der Waals surface area contributed by atoms with Crippen LogP contribution in [0.15, 0.2) is 23.6 Å². The predicted octanol–water partition coefficient (Wildman–Crippen LogP) is 4.30. The first kappa shape index (κ1) is 17.7. The van der Waals surface area contributed by atoms with Gasteiger partial charge in [0.25, 0.3) is 0 Å². The second kappa shape index (κ2) is 7.31. The summed E-state index contributed by atoms with van der Waals surface area (Å²) < 4.78 is 5.45. The van der Waals surface area contributed by atoms with Crippen LogP contribution in [-0.2, 0) is 5.75 Å². The third kappa shape index (κ3) is 5.51. The van der Waals surface area contributed by atoms with Gasteiger partial charge in [-0.1, -0.05) is 26.8 Å². The first-order valence-corrected chi connectivity index (χ1v) is 9.06. The lowest BCUT2D eigenvalue weighted by Gasteiger charge is -2.17. The Hall–Kier alpha value is -1.60. The molecular formula is C16H21N3O2S2. The molecule has 0 atom stereocenters. The molecule has 0 saturated heterocycles. The molecule has 2 aromatic rings. The van der Waals surface area contributed by atoms with Crippen LogP contribution in [0.2, 0.25) is 0 Å². The molecule has 5 nitrogen and oxygen atoms in total. The molecule has 0 fully saturated rings. The van der Waals surface area contributed by atoms with E-state index < -0.39 is 6.09 Å². The summed E-state index contributed by atoms with van der Waals surface area (Å²) in [5.41, 5.74) is 0.852. The second-order valence-electron chi connectivity index (χ2n) is 6.16. The van der Waals surface area contributed by atoms with Crippen molar-refractivity contribution in [3.8, 4) is 16.6 Å². The summed E-state index contributed by atoms with van der Waals surface area (Å²) in [4.78, 5) is 23.1. The van der Waals surface area contributed by atoms with Crippen LogP contribution in [0.4, 0.5) is 4.79 Å². The number of hydrogen-bond acceptors (Lipinski definition) is 6. The minimum Gasteiger partial charge on any atom is -0.391 e. The third-order valence-electron chi connectivity index (χ3n) is 2.71. The molecule has 1 amide bonds. The van der Waals surface area contributed by atoms with Crippen molar-refractivity contribution in [3.05, 3.63) is 29.3 Å². The monoisotopic (exact) mass is 351 g/mol. The molecule has 0 aliphatic rings. The van der Waals surface area contributed by atoms with Gasteiger partial charge in [0, 0.05) is 30.7 Å². The molecule has 7 heteroatoms. The zero-order valence-corrected chi connectivity index (χ0v) is 15.6. The minimum atomic E-state index is -0.449. The molecule has 124 valence electrons. The van der Waals surface area contributed by atoms with E-state index in [1.165, 1.54) is 4.90 Å². The average Bonchev–Trinajstić information content (AvgIpc) is 2.98. The fourth-order valence-corrected chi connectivity index (χ4v) is 2.97. The number of ether oxygens (including phenoxy) is 1. The first-order valence-electron chi connectivity index (χ1n) is 7.19. The number of hydrogen-bond donors (Lipinski definition) is 0. The molecule has 0 spiro atoms. The summed E-state index contributed by atoms with van der Waals surface area (Å²) in [5.74, 6) is 1.61. The topological polar surface area (TPSA) is 55.3 Å². The van der Waals surface area contributed by atoms with Crippen molar-refractivity contribution in [1.29, 1.82) is 0 Å². The van der Waals surface area contributed by atoms with E-state index in [1.807, 2.05) is 17.5 Å². The van der Waals surface area contributed by atoms with Gasteiger partial charge in [-0.15, -0.1) is 23.1 Å². The van der Waals surface area contributed by atoms with Crippen LogP contribution in [0.5, 0.6) is 5.88 Å². The highest BCUT2D eigenvalue weighted by Gasteiger charge is 2.16. The highest BCUT2D eigenvalue weighted by atomic mass is 32.2.